The normalized spacial score (nSPS) is 14.7. The maximum atomic E-state index is 6.35. The van der Waals surface area contributed by atoms with Gasteiger partial charge in [0.2, 0.25) is 0 Å². The number of hydrogen-bond acceptors (Lipinski definition) is 2. The molecule has 0 unspecified atom stereocenters. The van der Waals surface area contributed by atoms with E-state index in [9.17, 15) is 0 Å². The average Bonchev–Trinajstić information content (AvgIpc) is 2.37. The van der Waals surface area contributed by atoms with E-state index in [0.29, 0.717) is 17.2 Å². The van der Waals surface area contributed by atoms with E-state index in [0.717, 1.165) is 12.2 Å². The molecule has 1 aromatic rings. The Labute approximate surface area is 117 Å². The molecule has 0 radical (unpaired) electrons. The molecule has 0 amide bonds. The van der Waals surface area contributed by atoms with Gasteiger partial charge in [-0.2, -0.15) is 11.8 Å². The van der Waals surface area contributed by atoms with Crippen LogP contribution >= 0.6 is 11.8 Å². The van der Waals surface area contributed by atoms with Crippen molar-refractivity contribution in [1.29, 1.82) is 0 Å². The summed E-state index contributed by atoms with van der Waals surface area (Å²) in [5.74, 6) is 1.72. The van der Waals surface area contributed by atoms with Gasteiger partial charge in [0.25, 0.3) is 0 Å². The number of benzene rings is 1. The Morgan fingerprint density at radius 1 is 1.17 bits per heavy atom. The summed E-state index contributed by atoms with van der Waals surface area (Å²) < 4.78 is 0. The van der Waals surface area contributed by atoms with Crippen LogP contribution in [0.3, 0.4) is 0 Å². The smallest absolute Gasteiger partial charge is 0.0225 e. The van der Waals surface area contributed by atoms with Crippen LogP contribution in [0.15, 0.2) is 30.3 Å². The summed E-state index contributed by atoms with van der Waals surface area (Å²) in [5, 5.41) is 0.566. The van der Waals surface area contributed by atoms with Gasteiger partial charge in [0.15, 0.2) is 0 Å². The third-order valence-corrected chi connectivity index (χ3v) is 5.03. The van der Waals surface area contributed by atoms with Gasteiger partial charge in [-0.15, -0.1) is 0 Å². The number of rotatable bonds is 8. The standard InChI is InChI=1S/C16H27NS/c1-4-5-11-15(17)16(13(2)3)18-12-14-9-7-6-8-10-14/h6-10,13,15-16H,4-5,11-12,17H2,1-3H3/t15-,16+/m1/s1. The lowest BCUT2D eigenvalue weighted by molar-refractivity contribution is 0.475. The summed E-state index contributed by atoms with van der Waals surface area (Å²) in [4.78, 5) is 0. The van der Waals surface area contributed by atoms with Crippen molar-refractivity contribution in [1.82, 2.24) is 0 Å². The molecular formula is C16H27NS. The van der Waals surface area contributed by atoms with Crippen LogP contribution in [0, 0.1) is 5.92 Å². The molecule has 0 saturated heterocycles. The van der Waals surface area contributed by atoms with Crippen LogP contribution in [0.25, 0.3) is 0 Å². The Kier molecular flexibility index (Phi) is 7.45. The summed E-state index contributed by atoms with van der Waals surface area (Å²) >= 11 is 2.02. The predicted octanol–water partition coefficient (Wildman–Crippen LogP) is 4.46. The van der Waals surface area contributed by atoms with Gasteiger partial charge in [0, 0.05) is 17.0 Å². The molecule has 2 N–H and O–H groups in total. The Morgan fingerprint density at radius 2 is 1.83 bits per heavy atom. The highest BCUT2D eigenvalue weighted by Gasteiger charge is 2.21. The minimum atomic E-state index is 0.332. The van der Waals surface area contributed by atoms with Crippen molar-refractivity contribution in [2.24, 2.45) is 11.7 Å². The van der Waals surface area contributed by atoms with E-state index >= 15 is 0 Å². The van der Waals surface area contributed by atoms with E-state index in [1.165, 1.54) is 18.4 Å². The number of thioether (sulfide) groups is 1. The largest absolute Gasteiger partial charge is 0.327 e. The van der Waals surface area contributed by atoms with Gasteiger partial charge < -0.3 is 5.73 Å². The molecule has 2 atom stereocenters. The van der Waals surface area contributed by atoms with Gasteiger partial charge >= 0.3 is 0 Å². The maximum Gasteiger partial charge on any atom is 0.0225 e. The second-order valence-corrected chi connectivity index (χ2v) is 6.48. The van der Waals surface area contributed by atoms with Crippen LogP contribution < -0.4 is 5.73 Å². The monoisotopic (exact) mass is 265 g/mol. The van der Waals surface area contributed by atoms with Crippen molar-refractivity contribution in [3.8, 4) is 0 Å². The zero-order valence-corrected chi connectivity index (χ0v) is 12.7. The minimum Gasteiger partial charge on any atom is -0.327 e. The van der Waals surface area contributed by atoms with Gasteiger partial charge in [-0.3, -0.25) is 0 Å². The van der Waals surface area contributed by atoms with Crippen LogP contribution in [-0.2, 0) is 5.75 Å². The first-order valence-electron chi connectivity index (χ1n) is 7.06. The summed E-state index contributed by atoms with van der Waals surface area (Å²) in [6.45, 7) is 6.80. The zero-order valence-electron chi connectivity index (χ0n) is 11.9. The van der Waals surface area contributed by atoms with Gasteiger partial charge in [0.05, 0.1) is 0 Å². The highest BCUT2D eigenvalue weighted by molar-refractivity contribution is 7.99. The van der Waals surface area contributed by atoms with Crippen LogP contribution in [-0.4, -0.2) is 11.3 Å². The lowest BCUT2D eigenvalue weighted by Gasteiger charge is -2.27. The van der Waals surface area contributed by atoms with Gasteiger partial charge in [-0.05, 0) is 17.9 Å². The van der Waals surface area contributed by atoms with Crippen molar-refractivity contribution in [2.45, 2.75) is 57.1 Å². The first kappa shape index (κ1) is 15.6. The molecule has 0 bridgehead atoms. The summed E-state index contributed by atoms with van der Waals surface area (Å²) in [5.41, 5.74) is 7.75. The van der Waals surface area contributed by atoms with E-state index in [2.05, 4.69) is 51.1 Å². The van der Waals surface area contributed by atoms with Crippen molar-refractivity contribution in [2.75, 3.05) is 0 Å². The number of hydrogen-bond donors (Lipinski definition) is 1. The molecule has 18 heavy (non-hydrogen) atoms. The van der Waals surface area contributed by atoms with Crippen molar-refractivity contribution in [3.63, 3.8) is 0 Å². The van der Waals surface area contributed by atoms with E-state index in [-0.39, 0.29) is 0 Å². The third kappa shape index (κ3) is 5.45. The summed E-state index contributed by atoms with van der Waals surface area (Å²) in [7, 11) is 0. The minimum absolute atomic E-state index is 0.332. The second kappa shape index (κ2) is 8.60. The molecule has 2 heteroatoms. The summed E-state index contributed by atoms with van der Waals surface area (Å²) in [6, 6.07) is 11.0. The molecule has 0 saturated carbocycles. The quantitative estimate of drug-likeness (QED) is 0.751. The van der Waals surface area contributed by atoms with Gasteiger partial charge in [-0.1, -0.05) is 63.9 Å². The molecule has 0 aliphatic carbocycles. The second-order valence-electron chi connectivity index (χ2n) is 5.31. The van der Waals surface area contributed by atoms with Crippen LogP contribution in [0.5, 0.6) is 0 Å². The van der Waals surface area contributed by atoms with Crippen LogP contribution in [0.2, 0.25) is 0 Å². The van der Waals surface area contributed by atoms with Gasteiger partial charge in [-0.25, -0.2) is 0 Å². The molecule has 0 aliphatic heterocycles. The molecule has 0 heterocycles. The first-order chi connectivity index (χ1) is 8.65. The van der Waals surface area contributed by atoms with E-state index in [1.807, 2.05) is 11.8 Å². The fourth-order valence-corrected chi connectivity index (χ4v) is 3.53. The lowest BCUT2D eigenvalue weighted by Crippen LogP contribution is -2.36. The van der Waals surface area contributed by atoms with Gasteiger partial charge in [0.1, 0.15) is 0 Å². The molecule has 0 aromatic heterocycles. The van der Waals surface area contributed by atoms with Crippen LogP contribution in [0.1, 0.15) is 45.6 Å². The fraction of sp³-hybridized carbons (Fsp3) is 0.625. The fourth-order valence-electron chi connectivity index (χ4n) is 2.18. The zero-order chi connectivity index (χ0) is 13.4. The molecule has 0 spiro atoms. The highest BCUT2D eigenvalue weighted by Crippen LogP contribution is 2.27. The molecular weight excluding hydrogens is 238 g/mol. The maximum absolute atomic E-state index is 6.35. The Morgan fingerprint density at radius 3 is 2.39 bits per heavy atom. The van der Waals surface area contributed by atoms with E-state index < -0.39 is 0 Å². The van der Waals surface area contributed by atoms with E-state index in [4.69, 9.17) is 5.73 Å². The predicted molar refractivity (Wildman–Crippen MR) is 83.9 cm³/mol. The van der Waals surface area contributed by atoms with Crippen LogP contribution in [0.4, 0.5) is 0 Å². The lowest BCUT2D eigenvalue weighted by atomic mass is 9.99. The van der Waals surface area contributed by atoms with Crippen molar-refractivity contribution < 1.29 is 0 Å². The SMILES string of the molecule is CCCC[C@@H](N)[C@@H](SCc1ccccc1)C(C)C. The van der Waals surface area contributed by atoms with Crippen molar-refractivity contribution >= 4 is 11.8 Å². The Balaban J connectivity index is 2.47. The van der Waals surface area contributed by atoms with Crippen molar-refractivity contribution in [3.05, 3.63) is 35.9 Å². The number of nitrogens with two attached hydrogens (primary N) is 1. The molecule has 0 fully saturated rings. The molecule has 102 valence electrons. The molecule has 1 aromatic carbocycles. The Hall–Kier alpha value is -0.470. The Bertz CT molecular complexity index is 310. The number of unbranched alkanes of at least 4 members (excludes halogenated alkanes) is 1. The first-order valence-corrected chi connectivity index (χ1v) is 8.11. The molecule has 1 nitrogen and oxygen atoms in total. The molecule has 0 aliphatic rings. The highest BCUT2D eigenvalue weighted by atomic mass is 32.2. The summed E-state index contributed by atoms with van der Waals surface area (Å²) in [6.07, 6.45) is 3.64. The average molecular weight is 265 g/mol. The third-order valence-electron chi connectivity index (χ3n) is 3.26. The van der Waals surface area contributed by atoms with E-state index in [1.54, 1.807) is 0 Å². The molecule has 1 rings (SSSR count). The topological polar surface area (TPSA) is 26.0 Å².